The third-order valence-electron chi connectivity index (χ3n) is 2.29. The molecule has 1 N–H and O–H groups in total. The minimum atomic E-state index is -3.47. The van der Waals surface area contributed by atoms with Crippen LogP contribution >= 0.6 is 0 Å². The lowest BCUT2D eigenvalue weighted by Gasteiger charge is -2.03. The van der Waals surface area contributed by atoms with Gasteiger partial charge in [0, 0.05) is 0 Å². The largest absolute Gasteiger partial charge is 0.326 e. The quantitative estimate of drug-likeness (QED) is 0.798. The molecule has 0 bridgehead atoms. The summed E-state index contributed by atoms with van der Waals surface area (Å²) >= 11 is 0. The van der Waals surface area contributed by atoms with Crippen molar-refractivity contribution in [3.63, 3.8) is 0 Å². The van der Waals surface area contributed by atoms with Crippen LogP contribution in [0.3, 0.4) is 0 Å². The molecule has 0 fully saturated rings. The van der Waals surface area contributed by atoms with Gasteiger partial charge in [-0.1, -0.05) is 12.1 Å². The van der Waals surface area contributed by atoms with E-state index in [4.69, 9.17) is 0 Å². The van der Waals surface area contributed by atoms with Crippen LogP contribution in [0.4, 0.5) is 0 Å². The molecule has 0 radical (unpaired) electrons. The summed E-state index contributed by atoms with van der Waals surface area (Å²) in [6, 6.07) is 7.19. The molecular weight excluding hydrogens is 244 g/mol. The van der Waals surface area contributed by atoms with E-state index in [1.165, 1.54) is 4.57 Å². The van der Waals surface area contributed by atoms with E-state index >= 15 is 0 Å². The van der Waals surface area contributed by atoms with Crippen molar-refractivity contribution in [2.24, 2.45) is 0 Å². The first-order valence-corrected chi connectivity index (χ1v) is 6.81. The normalized spacial score (nSPS) is 12.1. The van der Waals surface area contributed by atoms with Gasteiger partial charge in [0.2, 0.25) is 0 Å². The molecule has 92 valence electrons. The Morgan fingerprint density at radius 2 is 2.06 bits per heavy atom. The van der Waals surface area contributed by atoms with Gasteiger partial charge in [0.1, 0.15) is 0 Å². The number of rotatable bonds is 4. The Morgan fingerprint density at radius 1 is 1.35 bits per heavy atom. The van der Waals surface area contributed by atoms with E-state index in [9.17, 15) is 13.2 Å². The molecule has 0 aliphatic rings. The first-order valence-electron chi connectivity index (χ1n) is 4.99. The van der Waals surface area contributed by atoms with Crippen LogP contribution in [-0.4, -0.2) is 30.8 Å². The van der Waals surface area contributed by atoms with Crippen molar-refractivity contribution >= 4 is 21.2 Å². The molecule has 1 aromatic carbocycles. The molecule has 1 aromatic heterocycles. The zero-order valence-electron chi connectivity index (χ0n) is 9.21. The van der Waals surface area contributed by atoms with Crippen molar-refractivity contribution in [2.75, 3.05) is 12.9 Å². The van der Waals surface area contributed by atoms with Crippen LogP contribution in [0.1, 0.15) is 0 Å². The van der Waals surface area contributed by atoms with Gasteiger partial charge in [-0.3, -0.25) is 8.75 Å². The summed E-state index contributed by atoms with van der Waals surface area (Å²) < 4.78 is 27.6. The van der Waals surface area contributed by atoms with E-state index < -0.39 is 10.1 Å². The minimum Gasteiger partial charge on any atom is -0.306 e. The molecule has 2 aromatic rings. The second-order valence-electron chi connectivity index (χ2n) is 3.63. The Balaban J connectivity index is 2.24. The van der Waals surface area contributed by atoms with E-state index in [-0.39, 0.29) is 18.8 Å². The van der Waals surface area contributed by atoms with Crippen LogP contribution in [0.5, 0.6) is 0 Å². The number of aromatic nitrogens is 2. The van der Waals surface area contributed by atoms with Crippen LogP contribution in [0.25, 0.3) is 11.0 Å². The summed E-state index contributed by atoms with van der Waals surface area (Å²) in [5.74, 6) is 0. The molecule has 0 unspecified atom stereocenters. The highest BCUT2D eigenvalue weighted by molar-refractivity contribution is 7.85. The Hall–Kier alpha value is -1.60. The number of nitrogens with zero attached hydrogens (tertiary/aromatic N) is 1. The lowest BCUT2D eigenvalue weighted by Crippen LogP contribution is -2.20. The van der Waals surface area contributed by atoms with Gasteiger partial charge >= 0.3 is 5.69 Å². The van der Waals surface area contributed by atoms with Gasteiger partial charge in [-0.25, -0.2) is 4.79 Å². The van der Waals surface area contributed by atoms with Crippen LogP contribution in [0, 0.1) is 0 Å². The van der Waals surface area contributed by atoms with Crippen molar-refractivity contribution in [1.29, 1.82) is 0 Å². The number of nitrogens with one attached hydrogen (secondary N) is 1. The third-order valence-corrected chi connectivity index (χ3v) is 2.89. The van der Waals surface area contributed by atoms with Gasteiger partial charge in [-0.05, 0) is 12.1 Å². The predicted octanol–water partition coefficient (Wildman–Crippen LogP) is 0.306. The van der Waals surface area contributed by atoms with Gasteiger partial charge in [0.15, 0.2) is 0 Å². The van der Waals surface area contributed by atoms with E-state index in [2.05, 4.69) is 9.17 Å². The topological polar surface area (TPSA) is 81.2 Å². The fourth-order valence-electron chi connectivity index (χ4n) is 1.61. The Morgan fingerprint density at radius 3 is 2.76 bits per heavy atom. The molecule has 0 atom stereocenters. The zero-order valence-corrected chi connectivity index (χ0v) is 10.0. The van der Waals surface area contributed by atoms with Gasteiger partial charge in [0.25, 0.3) is 10.1 Å². The smallest absolute Gasteiger partial charge is 0.306 e. The van der Waals surface area contributed by atoms with E-state index in [1.807, 2.05) is 12.1 Å². The molecule has 0 saturated carbocycles. The standard InChI is InChI=1S/C10H12N2O4S/c1-17(14,15)16-7-6-12-9-5-3-2-4-8(9)11-10(12)13/h2-5H,6-7H2,1H3,(H,11,13). The Bertz CT molecular complexity index is 684. The molecule has 17 heavy (non-hydrogen) atoms. The monoisotopic (exact) mass is 256 g/mol. The number of fused-ring (bicyclic) bond motifs is 1. The molecule has 0 saturated heterocycles. The summed E-state index contributed by atoms with van der Waals surface area (Å²) in [7, 11) is -3.47. The fraction of sp³-hybridized carbons (Fsp3) is 0.300. The van der Waals surface area contributed by atoms with Crippen LogP contribution in [0.2, 0.25) is 0 Å². The summed E-state index contributed by atoms with van der Waals surface area (Å²) in [4.78, 5) is 14.3. The summed E-state index contributed by atoms with van der Waals surface area (Å²) in [6.45, 7) is 0.135. The molecule has 6 nitrogen and oxygen atoms in total. The van der Waals surface area contributed by atoms with E-state index in [1.54, 1.807) is 12.1 Å². The molecule has 7 heteroatoms. The third kappa shape index (κ3) is 2.75. The number of para-hydroxylation sites is 2. The van der Waals surface area contributed by atoms with Gasteiger partial charge in [-0.15, -0.1) is 0 Å². The van der Waals surface area contributed by atoms with E-state index in [0.29, 0.717) is 0 Å². The lowest BCUT2D eigenvalue weighted by molar-refractivity contribution is 0.304. The number of H-pyrrole nitrogens is 1. The number of hydrogen-bond acceptors (Lipinski definition) is 4. The minimum absolute atomic E-state index is 0.0550. The Labute approximate surface area is 98.0 Å². The molecule has 0 amide bonds. The summed E-state index contributed by atoms with van der Waals surface area (Å²) in [5.41, 5.74) is 1.18. The second kappa shape index (κ2) is 4.34. The molecule has 0 aliphatic heterocycles. The molecular formula is C10H12N2O4S. The number of aromatic amines is 1. The fourth-order valence-corrected chi connectivity index (χ4v) is 1.99. The van der Waals surface area contributed by atoms with Gasteiger partial charge < -0.3 is 4.98 Å². The van der Waals surface area contributed by atoms with Crippen molar-refractivity contribution in [3.8, 4) is 0 Å². The highest BCUT2D eigenvalue weighted by Gasteiger charge is 2.07. The second-order valence-corrected chi connectivity index (χ2v) is 5.27. The van der Waals surface area contributed by atoms with Gasteiger partial charge in [0.05, 0.1) is 30.4 Å². The SMILES string of the molecule is CS(=O)(=O)OCCn1c(=O)[nH]c2ccccc21. The van der Waals surface area contributed by atoms with Crippen molar-refractivity contribution in [2.45, 2.75) is 6.54 Å². The first kappa shape index (κ1) is 11.9. The van der Waals surface area contributed by atoms with Gasteiger partial charge in [-0.2, -0.15) is 8.42 Å². The average Bonchev–Trinajstić information content (AvgIpc) is 2.54. The first-order chi connectivity index (χ1) is 7.97. The van der Waals surface area contributed by atoms with Crippen LogP contribution < -0.4 is 5.69 Å². The number of imidazole rings is 1. The summed E-state index contributed by atoms with van der Waals surface area (Å²) in [5, 5.41) is 0. The predicted molar refractivity (Wildman–Crippen MR) is 63.4 cm³/mol. The maximum Gasteiger partial charge on any atom is 0.326 e. The molecule has 0 aliphatic carbocycles. The zero-order chi connectivity index (χ0) is 12.5. The lowest BCUT2D eigenvalue weighted by atomic mass is 10.3. The molecule has 2 rings (SSSR count). The highest BCUT2D eigenvalue weighted by atomic mass is 32.2. The van der Waals surface area contributed by atoms with Crippen LogP contribution in [-0.2, 0) is 20.8 Å². The highest BCUT2D eigenvalue weighted by Crippen LogP contribution is 2.08. The van der Waals surface area contributed by atoms with Crippen molar-refractivity contribution in [1.82, 2.24) is 9.55 Å². The number of hydrogen-bond donors (Lipinski definition) is 1. The van der Waals surface area contributed by atoms with Crippen LogP contribution in [0.15, 0.2) is 29.1 Å². The maximum absolute atomic E-state index is 11.6. The molecule has 0 spiro atoms. The van der Waals surface area contributed by atoms with Crippen molar-refractivity contribution < 1.29 is 12.6 Å². The average molecular weight is 256 g/mol. The molecule has 1 heterocycles. The van der Waals surface area contributed by atoms with Crippen molar-refractivity contribution in [3.05, 3.63) is 34.7 Å². The summed E-state index contributed by atoms with van der Waals surface area (Å²) in [6.07, 6.45) is 0.977. The maximum atomic E-state index is 11.6. The Kier molecular flexibility index (Phi) is 3.03. The number of benzene rings is 1. The van der Waals surface area contributed by atoms with E-state index in [0.717, 1.165) is 17.3 Å².